The third-order valence-corrected chi connectivity index (χ3v) is 9.85. The summed E-state index contributed by atoms with van der Waals surface area (Å²) in [5.41, 5.74) is 8.11. The molecule has 0 aromatic heterocycles. The lowest BCUT2D eigenvalue weighted by Crippen LogP contribution is -2.63. The number of hydrogen-bond donors (Lipinski definition) is 8. The highest BCUT2D eigenvalue weighted by Gasteiger charge is 2.36. The van der Waals surface area contributed by atoms with Crippen LogP contribution in [0.15, 0.2) is 48.5 Å². The molecule has 2 aromatic carbocycles. The molecule has 0 aliphatic heterocycles. The molecule has 0 fully saturated rings. The van der Waals surface area contributed by atoms with Gasteiger partial charge in [0.25, 0.3) is 11.8 Å². The van der Waals surface area contributed by atoms with Crippen molar-refractivity contribution in [2.45, 2.75) is 150 Å². The average Bonchev–Trinajstić information content (AvgIpc) is 3.21. The van der Waals surface area contributed by atoms with Crippen molar-refractivity contribution in [3.05, 3.63) is 59.7 Å². The van der Waals surface area contributed by atoms with E-state index >= 15 is 0 Å². The lowest BCUT2D eigenvalue weighted by atomic mass is 9.86. The van der Waals surface area contributed by atoms with Crippen molar-refractivity contribution in [3.8, 4) is 11.1 Å². The topological polar surface area (TPSA) is 256 Å². The van der Waals surface area contributed by atoms with E-state index in [4.69, 9.17) is 15.2 Å². The lowest BCUT2D eigenvalue weighted by Gasteiger charge is -2.30. The Morgan fingerprint density at radius 3 is 1.88 bits per heavy atom. The van der Waals surface area contributed by atoms with Gasteiger partial charge in [-0.15, -0.1) is 0 Å². The van der Waals surface area contributed by atoms with Gasteiger partial charge in [-0.05, 0) is 100.0 Å². The number of amides is 6. The number of carbonyl (C=O) groups excluding carboxylic acids is 6. The molecule has 17 heteroatoms. The second-order valence-corrected chi connectivity index (χ2v) is 18.5. The van der Waals surface area contributed by atoms with Crippen LogP contribution in [0.25, 0.3) is 11.1 Å². The minimum absolute atomic E-state index is 0.0389. The van der Waals surface area contributed by atoms with Gasteiger partial charge in [-0.25, -0.2) is 9.59 Å². The van der Waals surface area contributed by atoms with Crippen molar-refractivity contribution >= 4 is 41.6 Å². The number of nitrogens with two attached hydrogens (primary N) is 1. The Balaban J connectivity index is 2.18. The van der Waals surface area contributed by atoms with E-state index in [9.17, 15) is 38.7 Å². The van der Waals surface area contributed by atoms with Crippen LogP contribution in [-0.2, 0) is 39.9 Å². The van der Waals surface area contributed by atoms with Gasteiger partial charge in [-0.1, -0.05) is 84.4 Å². The van der Waals surface area contributed by atoms with Crippen molar-refractivity contribution < 1.29 is 48.1 Å². The van der Waals surface area contributed by atoms with Crippen LogP contribution in [0.4, 0.5) is 4.79 Å². The molecule has 2 aromatic rings. The van der Waals surface area contributed by atoms with Gasteiger partial charge in [0.2, 0.25) is 17.7 Å². The van der Waals surface area contributed by atoms with E-state index in [2.05, 4.69) is 63.1 Å². The van der Waals surface area contributed by atoms with Crippen molar-refractivity contribution in [2.24, 2.45) is 17.1 Å². The molecule has 0 unspecified atom stereocenters. The minimum atomic E-state index is -1.69. The molecule has 0 saturated heterocycles. The molecule has 0 heterocycles. The second kappa shape index (κ2) is 26.3. The van der Waals surface area contributed by atoms with Gasteiger partial charge in [-0.2, -0.15) is 0 Å². The first kappa shape index (κ1) is 54.6. The van der Waals surface area contributed by atoms with Crippen LogP contribution < -0.4 is 37.6 Å². The van der Waals surface area contributed by atoms with Gasteiger partial charge in [0.15, 0.2) is 6.17 Å². The first-order chi connectivity index (χ1) is 29.9. The molecule has 0 saturated carbocycles. The van der Waals surface area contributed by atoms with Gasteiger partial charge in [0.1, 0.15) is 23.7 Å². The Morgan fingerprint density at radius 2 is 1.33 bits per heavy atom. The molecule has 0 aliphatic carbocycles. The lowest BCUT2D eigenvalue weighted by molar-refractivity contribution is -0.145. The van der Waals surface area contributed by atoms with E-state index < -0.39 is 77.1 Å². The van der Waals surface area contributed by atoms with Crippen molar-refractivity contribution in [1.29, 1.82) is 0 Å². The normalized spacial score (nSPS) is 13.9. The molecule has 2 rings (SSSR count). The summed E-state index contributed by atoms with van der Waals surface area (Å²) in [5, 5.41) is 25.1. The van der Waals surface area contributed by atoms with Gasteiger partial charge in [-0.3, -0.25) is 24.0 Å². The van der Waals surface area contributed by atoms with Crippen LogP contribution in [0.2, 0.25) is 0 Å². The summed E-state index contributed by atoms with van der Waals surface area (Å²) in [4.78, 5) is 90.9. The van der Waals surface area contributed by atoms with E-state index in [1.807, 2.05) is 26.0 Å². The van der Waals surface area contributed by atoms with Crippen molar-refractivity contribution in [3.63, 3.8) is 0 Å². The number of carboxylic acid groups (broad SMARTS) is 1. The summed E-state index contributed by atoms with van der Waals surface area (Å²) >= 11 is 0. The molecule has 6 amide bonds. The van der Waals surface area contributed by atoms with E-state index in [1.54, 1.807) is 60.6 Å². The Labute approximate surface area is 378 Å². The predicted octanol–water partition coefficient (Wildman–Crippen LogP) is 4.56. The van der Waals surface area contributed by atoms with Crippen molar-refractivity contribution in [1.82, 2.24) is 31.9 Å². The number of carboxylic acids is 1. The summed E-state index contributed by atoms with van der Waals surface area (Å²) in [5.74, 6) is -4.77. The number of nitrogens with one attached hydrogen (secondary N) is 6. The third kappa shape index (κ3) is 20.3. The second-order valence-electron chi connectivity index (χ2n) is 18.5. The van der Waals surface area contributed by atoms with E-state index in [0.29, 0.717) is 18.4 Å². The Kier molecular flexibility index (Phi) is 22.4. The molecule has 0 radical (unpaired) electrons. The highest BCUT2D eigenvalue weighted by molar-refractivity contribution is 5.96. The fraction of sp³-hybridized carbons (Fsp3) is 0.596. The standard InChI is InChI=1S/C47H73N7O10/c1-11-12-15-31-17-19-32(20-18-31)33-21-23-34(24-22-33)40(56)49-27-25-36(55)51-35(16-13-14-26-50-45(62)64-47(8,9)10)41(57)52-37(30(4)63-28-29(2)3)42(58)54-39(48)43(59)53-38(44(60)61)46(5,6)7/h17-24,29-30,35,37-39H,11-16,25-28,48H2,1-10H3,(H,49,56)(H,50,62)(H,51,55)(H,52,57)(H,53,59)(H,54,58)(H,60,61)/t30-,35+,37+,38-,39-/m1/s1. The van der Waals surface area contributed by atoms with Crippen molar-refractivity contribution in [2.75, 3.05) is 19.7 Å². The molecule has 356 valence electrons. The Bertz CT molecular complexity index is 1840. The monoisotopic (exact) mass is 896 g/mol. The molecule has 64 heavy (non-hydrogen) atoms. The zero-order valence-corrected chi connectivity index (χ0v) is 39.4. The zero-order chi connectivity index (χ0) is 48.2. The summed E-state index contributed by atoms with van der Waals surface area (Å²) in [7, 11) is 0. The van der Waals surface area contributed by atoms with Crippen LogP contribution in [0, 0.1) is 11.3 Å². The molecule has 9 N–H and O–H groups in total. The molecule has 0 aliphatic rings. The number of unbranched alkanes of at least 4 members (excludes halogenated alkanes) is 2. The maximum absolute atomic E-state index is 14.0. The van der Waals surface area contributed by atoms with Crippen LogP contribution in [0.1, 0.15) is 124 Å². The van der Waals surface area contributed by atoms with Crippen LogP contribution >= 0.6 is 0 Å². The smallest absolute Gasteiger partial charge is 0.407 e. The fourth-order valence-corrected chi connectivity index (χ4v) is 6.24. The number of alkyl carbamates (subject to hydrolysis) is 1. The molecule has 0 bridgehead atoms. The van der Waals surface area contributed by atoms with E-state index in [-0.39, 0.29) is 44.4 Å². The number of carbonyl (C=O) groups is 7. The number of ether oxygens (including phenoxy) is 2. The first-order valence-corrected chi connectivity index (χ1v) is 22.2. The third-order valence-electron chi connectivity index (χ3n) is 9.85. The van der Waals surface area contributed by atoms with Gasteiger partial charge >= 0.3 is 12.1 Å². The Hall–Kier alpha value is -5.55. The average molecular weight is 896 g/mol. The molecule has 5 atom stereocenters. The van der Waals surface area contributed by atoms with E-state index in [0.717, 1.165) is 30.4 Å². The van der Waals surface area contributed by atoms with Gasteiger partial charge in [0, 0.05) is 31.7 Å². The number of hydrogen-bond acceptors (Lipinski definition) is 10. The molecular formula is C47H73N7O10. The Morgan fingerprint density at radius 1 is 0.719 bits per heavy atom. The summed E-state index contributed by atoms with van der Waals surface area (Å²) in [6.45, 7) is 18.0. The maximum atomic E-state index is 14.0. The molecular weight excluding hydrogens is 823 g/mol. The number of rotatable bonds is 25. The highest BCUT2D eigenvalue weighted by Crippen LogP contribution is 2.22. The van der Waals surface area contributed by atoms with E-state index in [1.165, 1.54) is 5.56 Å². The molecule has 0 spiro atoms. The maximum Gasteiger partial charge on any atom is 0.407 e. The van der Waals surface area contributed by atoms with Crippen LogP contribution in [0.5, 0.6) is 0 Å². The highest BCUT2D eigenvalue weighted by atomic mass is 16.6. The quantitative estimate of drug-likeness (QED) is 0.0507. The van der Waals surface area contributed by atoms with Gasteiger partial charge < -0.3 is 52.2 Å². The van der Waals surface area contributed by atoms with Crippen LogP contribution in [0.3, 0.4) is 0 Å². The summed E-state index contributed by atoms with van der Waals surface area (Å²) < 4.78 is 11.2. The molecule has 17 nitrogen and oxygen atoms in total. The zero-order valence-electron chi connectivity index (χ0n) is 39.4. The first-order valence-electron chi connectivity index (χ1n) is 22.2. The number of aliphatic carboxylic acids is 1. The number of benzene rings is 2. The SMILES string of the molecule is CCCCc1ccc(-c2ccc(C(=O)NCCC(=O)N[C@@H](CCCCNC(=O)OC(C)(C)C)C(=O)N[C@H](C(=O)N[C@@H](N)C(=O)N[C@H](C(=O)O)C(C)(C)C)[C@@H](C)OCC(C)C)cc2)cc1. The minimum Gasteiger partial charge on any atom is -0.480 e. The summed E-state index contributed by atoms with van der Waals surface area (Å²) in [6.07, 6.45) is 0.719. The largest absolute Gasteiger partial charge is 0.480 e. The summed E-state index contributed by atoms with van der Waals surface area (Å²) in [6, 6.07) is 11.6. The predicted molar refractivity (Wildman–Crippen MR) is 245 cm³/mol. The number of aryl methyl sites for hydroxylation is 1. The van der Waals surface area contributed by atoms with Gasteiger partial charge in [0.05, 0.1) is 6.10 Å². The fourth-order valence-electron chi connectivity index (χ4n) is 6.24. The van der Waals surface area contributed by atoms with Crippen LogP contribution in [-0.4, -0.2) is 102 Å².